The molecule has 0 aliphatic heterocycles. The molecule has 0 bridgehead atoms. The maximum atomic E-state index is 12.4. The normalized spacial score (nSPS) is 22.5. The summed E-state index contributed by atoms with van der Waals surface area (Å²) in [7, 11) is 0. The number of hydrogen-bond donors (Lipinski definition) is 2. The second kappa shape index (κ2) is 8.61. The molecule has 0 amide bonds. The van der Waals surface area contributed by atoms with Crippen LogP contribution in [0.5, 0.6) is 0 Å². The number of ketones is 1. The summed E-state index contributed by atoms with van der Waals surface area (Å²) >= 11 is 0. The van der Waals surface area contributed by atoms with E-state index in [1.165, 1.54) is 11.1 Å². The standard InChI is InChI=1S/C23H29NO2/c24-23(17-25)15-14-21(16-23)19-10-12-20(13-11-19)22(26)9-5-4-8-18-6-2-1-3-7-18/h1-3,6-7,10-13,21,25H,4-5,8-9,14-17,24H2. The molecular weight excluding hydrogens is 322 g/mol. The minimum absolute atomic E-state index is 0.0447. The Labute approximate surface area is 156 Å². The van der Waals surface area contributed by atoms with Crippen LogP contribution < -0.4 is 5.73 Å². The number of unbranched alkanes of at least 4 members (excludes halogenated alkanes) is 1. The molecule has 1 saturated carbocycles. The van der Waals surface area contributed by atoms with Crippen molar-refractivity contribution < 1.29 is 9.90 Å². The summed E-state index contributed by atoms with van der Waals surface area (Å²) in [6.07, 6.45) is 6.27. The van der Waals surface area contributed by atoms with E-state index in [4.69, 9.17) is 5.73 Å². The van der Waals surface area contributed by atoms with Gasteiger partial charge in [-0.2, -0.15) is 0 Å². The minimum atomic E-state index is -0.433. The fraction of sp³-hybridized carbons (Fsp3) is 0.435. The van der Waals surface area contributed by atoms with Gasteiger partial charge in [0.2, 0.25) is 0 Å². The molecule has 3 rings (SSSR count). The van der Waals surface area contributed by atoms with Crippen molar-refractivity contribution in [1.82, 2.24) is 0 Å². The summed E-state index contributed by atoms with van der Waals surface area (Å²) in [6, 6.07) is 18.4. The molecule has 0 heterocycles. The number of rotatable bonds is 8. The van der Waals surface area contributed by atoms with Gasteiger partial charge in [0.05, 0.1) is 6.61 Å². The lowest BCUT2D eigenvalue weighted by atomic mass is 9.92. The summed E-state index contributed by atoms with van der Waals surface area (Å²) < 4.78 is 0. The number of aryl methyl sites for hydroxylation is 1. The largest absolute Gasteiger partial charge is 0.394 e. The van der Waals surface area contributed by atoms with Gasteiger partial charge < -0.3 is 10.8 Å². The van der Waals surface area contributed by atoms with E-state index >= 15 is 0 Å². The smallest absolute Gasteiger partial charge is 0.162 e. The zero-order chi connectivity index (χ0) is 18.4. The number of carbonyl (C=O) groups is 1. The fourth-order valence-corrected chi connectivity index (χ4v) is 3.93. The first-order valence-corrected chi connectivity index (χ1v) is 9.66. The van der Waals surface area contributed by atoms with Gasteiger partial charge in [0.25, 0.3) is 0 Å². The van der Waals surface area contributed by atoms with E-state index < -0.39 is 5.54 Å². The summed E-state index contributed by atoms with van der Waals surface area (Å²) in [5, 5.41) is 9.41. The first-order valence-electron chi connectivity index (χ1n) is 9.66. The van der Waals surface area contributed by atoms with Gasteiger partial charge in [-0.25, -0.2) is 0 Å². The monoisotopic (exact) mass is 351 g/mol. The number of benzene rings is 2. The van der Waals surface area contributed by atoms with E-state index in [0.717, 1.165) is 44.1 Å². The highest BCUT2D eigenvalue weighted by molar-refractivity contribution is 5.96. The van der Waals surface area contributed by atoms with Crippen molar-refractivity contribution in [3.63, 3.8) is 0 Å². The zero-order valence-electron chi connectivity index (χ0n) is 15.4. The Morgan fingerprint density at radius 1 is 1.08 bits per heavy atom. The number of aliphatic hydroxyl groups is 1. The second-order valence-corrected chi connectivity index (χ2v) is 7.70. The number of aliphatic hydroxyl groups excluding tert-OH is 1. The number of carbonyl (C=O) groups excluding carboxylic acids is 1. The van der Waals surface area contributed by atoms with Crippen LogP contribution in [-0.4, -0.2) is 23.0 Å². The molecule has 1 aliphatic carbocycles. The quantitative estimate of drug-likeness (QED) is 0.552. The van der Waals surface area contributed by atoms with Gasteiger partial charge in [0, 0.05) is 17.5 Å². The zero-order valence-corrected chi connectivity index (χ0v) is 15.4. The van der Waals surface area contributed by atoms with Crippen molar-refractivity contribution in [2.24, 2.45) is 5.73 Å². The molecule has 1 aliphatic rings. The number of nitrogens with two attached hydrogens (primary N) is 1. The molecule has 0 spiro atoms. The third-order valence-electron chi connectivity index (χ3n) is 5.62. The molecule has 3 N–H and O–H groups in total. The topological polar surface area (TPSA) is 63.3 Å². The molecule has 138 valence electrons. The lowest BCUT2D eigenvalue weighted by Gasteiger charge is -2.20. The van der Waals surface area contributed by atoms with Crippen molar-refractivity contribution in [2.75, 3.05) is 6.61 Å². The Balaban J connectivity index is 1.46. The predicted octanol–water partition coefficient (Wildman–Crippen LogP) is 4.24. The van der Waals surface area contributed by atoms with Gasteiger partial charge in [0.1, 0.15) is 0 Å². The SMILES string of the molecule is NC1(CO)CCC(c2ccc(C(=O)CCCCc3ccccc3)cc2)C1. The van der Waals surface area contributed by atoms with Crippen LogP contribution in [0.3, 0.4) is 0 Å². The first kappa shape index (κ1) is 18.8. The maximum Gasteiger partial charge on any atom is 0.162 e. The molecule has 2 unspecified atom stereocenters. The van der Waals surface area contributed by atoms with E-state index in [-0.39, 0.29) is 12.4 Å². The fourth-order valence-electron chi connectivity index (χ4n) is 3.93. The van der Waals surface area contributed by atoms with Crippen molar-refractivity contribution >= 4 is 5.78 Å². The molecule has 2 aromatic rings. The molecule has 0 radical (unpaired) electrons. The molecule has 0 aromatic heterocycles. The Bertz CT molecular complexity index is 711. The van der Waals surface area contributed by atoms with Crippen LogP contribution in [0.25, 0.3) is 0 Å². The Hall–Kier alpha value is -1.97. The van der Waals surface area contributed by atoms with Crippen LogP contribution >= 0.6 is 0 Å². The van der Waals surface area contributed by atoms with Crippen LogP contribution in [0.1, 0.15) is 65.9 Å². The van der Waals surface area contributed by atoms with Gasteiger partial charge >= 0.3 is 0 Å². The highest BCUT2D eigenvalue weighted by Crippen LogP contribution is 2.39. The second-order valence-electron chi connectivity index (χ2n) is 7.70. The number of hydrogen-bond acceptors (Lipinski definition) is 3. The van der Waals surface area contributed by atoms with Gasteiger partial charge in [-0.15, -0.1) is 0 Å². The Kier molecular flexibility index (Phi) is 6.23. The summed E-state index contributed by atoms with van der Waals surface area (Å²) in [5.74, 6) is 0.613. The minimum Gasteiger partial charge on any atom is -0.394 e. The lowest BCUT2D eigenvalue weighted by Crippen LogP contribution is -2.40. The van der Waals surface area contributed by atoms with Gasteiger partial charge in [-0.05, 0) is 55.6 Å². The highest BCUT2D eigenvalue weighted by atomic mass is 16.3. The highest BCUT2D eigenvalue weighted by Gasteiger charge is 2.35. The van der Waals surface area contributed by atoms with E-state index in [2.05, 4.69) is 36.4 Å². The average Bonchev–Trinajstić information content (AvgIpc) is 3.09. The van der Waals surface area contributed by atoms with Gasteiger partial charge in [0.15, 0.2) is 5.78 Å². The summed E-state index contributed by atoms with van der Waals surface area (Å²) in [5.41, 5.74) is 9.10. The maximum absolute atomic E-state index is 12.4. The Morgan fingerprint density at radius 3 is 2.46 bits per heavy atom. The molecule has 2 aromatic carbocycles. The lowest BCUT2D eigenvalue weighted by molar-refractivity contribution is 0.0979. The molecule has 26 heavy (non-hydrogen) atoms. The molecule has 0 saturated heterocycles. The van der Waals surface area contributed by atoms with Crippen LogP contribution in [0.2, 0.25) is 0 Å². The van der Waals surface area contributed by atoms with Gasteiger partial charge in [-0.3, -0.25) is 4.79 Å². The number of Topliss-reactive ketones (excluding diaryl/α,β-unsaturated/α-hetero) is 1. The van der Waals surface area contributed by atoms with E-state index in [1.807, 2.05) is 18.2 Å². The van der Waals surface area contributed by atoms with Gasteiger partial charge in [-0.1, -0.05) is 54.6 Å². The summed E-state index contributed by atoms with van der Waals surface area (Å²) in [6.45, 7) is 0.0447. The van der Waals surface area contributed by atoms with Crippen LogP contribution in [0.15, 0.2) is 54.6 Å². The van der Waals surface area contributed by atoms with E-state index in [9.17, 15) is 9.90 Å². The van der Waals surface area contributed by atoms with Crippen molar-refractivity contribution in [3.05, 3.63) is 71.3 Å². The molecule has 3 nitrogen and oxygen atoms in total. The third-order valence-corrected chi connectivity index (χ3v) is 5.62. The van der Waals surface area contributed by atoms with Crippen LogP contribution in [0.4, 0.5) is 0 Å². The van der Waals surface area contributed by atoms with Crippen LogP contribution in [-0.2, 0) is 6.42 Å². The van der Waals surface area contributed by atoms with Crippen molar-refractivity contribution in [2.45, 2.75) is 56.4 Å². The first-order chi connectivity index (χ1) is 12.6. The molecular formula is C23H29NO2. The summed E-state index contributed by atoms with van der Waals surface area (Å²) in [4.78, 5) is 12.4. The van der Waals surface area contributed by atoms with E-state index in [1.54, 1.807) is 0 Å². The van der Waals surface area contributed by atoms with Crippen molar-refractivity contribution in [1.29, 1.82) is 0 Å². The van der Waals surface area contributed by atoms with Crippen LogP contribution in [0, 0.1) is 0 Å². The molecule has 1 fully saturated rings. The molecule has 3 heteroatoms. The van der Waals surface area contributed by atoms with Crippen molar-refractivity contribution in [3.8, 4) is 0 Å². The predicted molar refractivity (Wildman–Crippen MR) is 105 cm³/mol. The van der Waals surface area contributed by atoms with E-state index in [0.29, 0.717) is 12.3 Å². The Morgan fingerprint density at radius 2 is 1.81 bits per heavy atom. The third kappa shape index (κ3) is 4.80. The average molecular weight is 351 g/mol. The molecule has 2 atom stereocenters.